The molecule has 0 unspecified atom stereocenters. The third-order valence-corrected chi connectivity index (χ3v) is 25.9. The molecule has 3 amide bonds. The van der Waals surface area contributed by atoms with Gasteiger partial charge >= 0.3 is 18.3 Å². The van der Waals surface area contributed by atoms with E-state index in [0.717, 1.165) is 45.8 Å². The van der Waals surface area contributed by atoms with Crippen LogP contribution in [-0.4, -0.2) is 121 Å². The first-order chi connectivity index (χ1) is 35.2. The van der Waals surface area contributed by atoms with Gasteiger partial charge in [-0.1, -0.05) is 71.9 Å². The summed E-state index contributed by atoms with van der Waals surface area (Å²) in [6, 6.07) is 18.2. The van der Waals surface area contributed by atoms with Crippen LogP contribution in [-0.2, 0) is 29.7 Å². The van der Waals surface area contributed by atoms with Crippen LogP contribution in [0.25, 0.3) is 21.8 Å². The van der Waals surface area contributed by atoms with Crippen LogP contribution in [0.5, 0.6) is 0 Å². The molecule has 5 aromatic rings. The number of nitrogens with one attached hydrogen (secondary N) is 2. The molecule has 414 valence electrons. The number of H-pyrrole nitrogens is 2. The maximum absolute atomic E-state index is 14.1. The number of hydrogen-bond donors (Lipinski definition) is 2. The Kier molecular flexibility index (Phi) is 15.6. The summed E-state index contributed by atoms with van der Waals surface area (Å²) in [7, 11) is -4.33. The van der Waals surface area contributed by atoms with Gasteiger partial charge in [-0.15, -0.1) is 0 Å². The molecule has 4 fully saturated rings. The van der Waals surface area contributed by atoms with Gasteiger partial charge in [0.2, 0.25) is 0 Å². The second-order valence-corrected chi connectivity index (χ2v) is 36.1. The van der Waals surface area contributed by atoms with Crippen molar-refractivity contribution >= 4 is 56.7 Å². The van der Waals surface area contributed by atoms with Crippen molar-refractivity contribution in [2.45, 2.75) is 192 Å². The normalized spacial score (nSPS) is 24.2. The molecule has 17 heteroatoms. The van der Waals surface area contributed by atoms with Crippen molar-refractivity contribution in [3.63, 3.8) is 0 Å². The molecule has 8 atom stereocenters. The molecule has 3 aromatic carbocycles. The van der Waals surface area contributed by atoms with E-state index >= 15 is 0 Å². The molecule has 0 bridgehead atoms. The highest BCUT2D eigenvalue weighted by Crippen LogP contribution is 2.52. The standard InChI is InChI=1S/C33H44FN3O5Si.C26H39FN2O3Si/c1-32(2,3)41-31(39)37-19-27(42-43(7,8)33(4,5)6)29-28(37)25(24-17-35-26-16-22(34)14-15-23(24)26)18-36(29)30(38)40-20-21-12-10-9-11-13-21;1-25(2,3)31-24(30)29-15-22(32-33(7,8)26(4,5)6)19-12-11-18(23(19)29)20-14-28-21-13-16(27)9-10-17(20)21/h9-17,25,27-29,35H,18-20H2,1-8H3;9-10,13-14,18-19,22-23,28H,11-12,15H2,1-8H3/t25-,27+,28+,29+;18-,19+,22+,23+/m00/s1. The van der Waals surface area contributed by atoms with Gasteiger partial charge in [0.05, 0.1) is 30.8 Å². The van der Waals surface area contributed by atoms with Crippen molar-refractivity contribution in [1.29, 1.82) is 0 Å². The van der Waals surface area contributed by atoms with Gasteiger partial charge in [0, 0.05) is 71.1 Å². The number of aromatic nitrogens is 2. The van der Waals surface area contributed by atoms with Gasteiger partial charge in [-0.2, -0.15) is 0 Å². The largest absolute Gasteiger partial charge is 0.445 e. The van der Waals surface area contributed by atoms with Crippen LogP contribution in [0.2, 0.25) is 36.3 Å². The molecule has 3 saturated heterocycles. The monoisotopic (exact) mass is 1080 g/mol. The number of halogens is 2. The Balaban J connectivity index is 0.000000209. The summed E-state index contributed by atoms with van der Waals surface area (Å²) in [4.78, 5) is 52.8. The maximum Gasteiger partial charge on any atom is 0.410 e. The van der Waals surface area contributed by atoms with Crippen LogP contribution < -0.4 is 0 Å². The second-order valence-electron chi connectivity index (χ2n) is 26.6. The van der Waals surface area contributed by atoms with Gasteiger partial charge in [-0.05, 0) is 144 Å². The van der Waals surface area contributed by atoms with Crippen LogP contribution in [0.1, 0.15) is 124 Å². The maximum atomic E-state index is 14.1. The number of rotatable bonds is 8. The van der Waals surface area contributed by atoms with E-state index in [1.54, 1.807) is 15.9 Å². The van der Waals surface area contributed by atoms with E-state index in [0.29, 0.717) is 18.6 Å². The Morgan fingerprint density at radius 2 is 1.03 bits per heavy atom. The average molecular weight is 1080 g/mol. The van der Waals surface area contributed by atoms with Crippen molar-refractivity contribution in [3.05, 3.63) is 107 Å². The molecule has 3 aliphatic heterocycles. The van der Waals surface area contributed by atoms with Crippen molar-refractivity contribution in [3.8, 4) is 0 Å². The molecule has 4 aliphatic rings. The van der Waals surface area contributed by atoms with Gasteiger partial charge in [0.25, 0.3) is 0 Å². The molecule has 76 heavy (non-hydrogen) atoms. The van der Waals surface area contributed by atoms with Gasteiger partial charge in [0.1, 0.15) is 29.4 Å². The molecule has 1 saturated carbocycles. The molecule has 5 heterocycles. The van der Waals surface area contributed by atoms with Gasteiger partial charge in [-0.3, -0.25) is 9.80 Å². The van der Waals surface area contributed by atoms with Crippen LogP contribution >= 0.6 is 0 Å². The van der Waals surface area contributed by atoms with Crippen LogP contribution in [0, 0.1) is 17.6 Å². The Morgan fingerprint density at radius 3 is 1.53 bits per heavy atom. The second kappa shape index (κ2) is 20.9. The Hall–Kier alpha value is -5.24. The Morgan fingerprint density at radius 1 is 0.566 bits per heavy atom. The first-order valence-corrected chi connectivity index (χ1v) is 32.9. The summed E-state index contributed by atoms with van der Waals surface area (Å²) < 4.78 is 59.3. The number of aromatic amines is 2. The molecule has 2 N–H and O–H groups in total. The zero-order chi connectivity index (χ0) is 55.7. The minimum absolute atomic E-state index is 0.0102. The number of fused-ring (bicyclic) bond motifs is 4. The van der Waals surface area contributed by atoms with Gasteiger partial charge in [-0.25, -0.2) is 23.2 Å². The van der Waals surface area contributed by atoms with E-state index in [2.05, 4.69) is 77.7 Å². The molecule has 1 aliphatic carbocycles. The van der Waals surface area contributed by atoms with E-state index in [4.69, 9.17) is 23.1 Å². The lowest BCUT2D eigenvalue weighted by atomic mass is 9.91. The summed E-state index contributed by atoms with van der Waals surface area (Å²) >= 11 is 0. The molecule has 13 nitrogen and oxygen atoms in total. The van der Waals surface area contributed by atoms with Crippen molar-refractivity contribution in [2.75, 3.05) is 19.6 Å². The van der Waals surface area contributed by atoms with E-state index in [1.807, 2.05) is 95.2 Å². The predicted octanol–water partition coefficient (Wildman–Crippen LogP) is 14.2. The predicted molar refractivity (Wildman–Crippen MR) is 299 cm³/mol. The number of benzene rings is 3. The smallest absolute Gasteiger partial charge is 0.410 e. The summed E-state index contributed by atoms with van der Waals surface area (Å²) in [6.45, 7) is 34.7. The number of likely N-dealkylation sites (tertiary alicyclic amines) is 3. The third kappa shape index (κ3) is 11.9. The lowest BCUT2D eigenvalue weighted by Crippen LogP contribution is -2.51. The molecule has 0 spiro atoms. The molecule has 2 aromatic heterocycles. The quantitative estimate of drug-likeness (QED) is 0.116. The fourth-order valence-electron chi connectivity index (χ4n) is 11.3. The number of carbonyl (C=O) groups excluding carboxylic acids is 3. The summed E-state index contributed by atoms with van der Waals surface area (Å²) in [5, 5.41) is 1.89. The van der Waals surface area contributed by atoms with E-state index in [-0.39, 0.29) is 70.9 Å². The zero-order valence-corrected chi connectivity index (χ0v) is 49.7. The fraction of sp³-hybridized carbons (Fsp3) is 0.576. The zero-order valence-electron chi connectivity index (χ0n) is 47.7. The van der Waals surface area contributed by atoms with Crippen LogP contribution in [0.4, 0.5) is 23.2 Å². The highest BCUT2D eigenvalue weighted by Gasteiger charge is 2.60. The first-order valence-electron chi connectivity index (χ1n) is 27.1. The van der Waals surface area contributed by atoms with Crippen LogP contribution in [0.3, 0.4) is 0 Å². The van der Waals surface area contributed by atoms with E-state index < -0.39 is 58.2 Å². The first kappa shape index (κ1) is 57.0. The molecule has 0 radical (unpaired) electrons. The summed E-state index contributed by atoms with van der Waals surface area (Å²) in [6.07, 6.45) is 4.23. The number of nitrogens with zero attached hydrogens (tertiary/aromatic N) is 3. The lowest BCUT2D eigenvalue weighted by molar-refractivity contribution is 0.0187. The van der Waals surface area contributed by atoms with Crippen molar-refractivity contribution in [1.82, 2.24) is 24.7 Å². The average Bonchev–Trinajstić information content (AvgIpc) is 4.18. The highest BCUT2D eigenvalue weighted by atomic mass is 28.4. The fourth-order valence-corrected chi connectivity index (χ4v) is 14.0. The number of amides is 3. The lowest BCUT2D eigenvalue weighted by Gasteiger charge is -2.40. The minimum atomic E-state index is -2.32. The topological polar surface area (TPSA) is 139 Å². The van der Waals surface area contributed by atoms with Gasteiger partial charge in [0.15, 0.2) is 16.6 Å². The summed E-state index contributed by atoms with van der Waals surface area (Å²) in [5.41, 5.74) is 3.14. The van der Waals surface area contributed by atoms with Gasteiger partial charge < -0.3 is 37.9 Å². The molecule has 9 rings (SSSR count). The molecular weight excluding hydrogens is 1000 g/mol. The van der Waals surface area contributed by atoms with Crippen molar-refractivity contribution < 1.29 is 46.2 Å². The SMILES string of the molecule is CC(C)(C)OC(=O)N1C[C@@H](O[Si](C)(C)C(C)(C)C)[C@@H]2[C@H]1[C@H](c1c[nH]c3cc(F)ccc13)CN2C(=O)OCc1ccccc1.CC(C)(C)OC(=O)N1C[C@@H](O[Si](C)(C)C(C)(C)C)[C@H]2CC[C@@H](c3c[nH]c4cc(F)ccc34)[C@H]21. The highest BCUT2D eigenvalue weighted by molar-refractivity contribution is 6.74. The van der Waals surface area contributed by atoms with Crippen molar-refractivity contribution in [2.24, 2.45) is 5.92 Å². The number of hydrogen-bond acceptors (Lipinski definition) is 8. The molecular formula is C59H83F2N5O8Si2. The third-order valence-electron chi connectivity index (χ3n) is 16.9. The van der Waals surface area contributed by atoms with E-state index in [9.17, 15) is 23.2 Å². The summed E-state index contributed by atoms with van der Waals surface area (Å²) in [5.74, 6) is -0.444. The minimum Gasteiger partial charge on any atom is -0.445 e. The van der Waals surface area contributed by atoms with Crippen LogP contribution in [0.15, 0.2) is 79.1 Å². The number of ether oxygens (including phenoxy) is 3. The Labute approximate surface area is 450 Å². The van der Waals surface area contributed by atoms with E-state index in [1.165, 1.54) is 24.3 Å². The Bertz CT molecular complexity index is 2900. The number of carbonyl (C=O) groups is 3.